The molecule has 0 aliphatic rings. The zero-order valence-electron chi connectivity index (χ0n) is 12.3. The highest BCUT2D eigenvalue weighted by atomic mass is 32.2. The number of benzene rings is 1. The molecule has 3 heteroatoms. The van der Waals surface area contributed by atoms with Crippen molar-refractivity contribution in [3.05, 3.63) is 60.4 Å². The van der Waals surface area contributed by atoms with Gasteiger partial charge in [-0.15, -0.1) is 11.8 Å². The second-order valence-corrected chi connectivity index (χ2v) is 6.44. The van der Waals surface area contributed by atoms with Crippen LogP contribution < -0.4 is 5.32 Å². The number of pyridine rings is 1. The molecule has 2 atom stereocenters. The third-order valence-corrected chi connectivity index (χ3v) is 5.01. The molecular formula is C17H22N2S. The molecule has 0 aliphatic carbocycles. The van der Waals surface area contributed by atoms with Crippen LogP contribution in [0.1, 0.15) is 25.5 Å². The largest absolute Gasteiger partial charge is 0.312 e. The number of aromatic nitrogens is 1. The summed E-state index contributed by atoms with van der Waals surface area (Å²) in [5.41, 5.74) is 1.34. The van der Waals surface area contributed by atoms with Crippen LogP contribution in [0.2, 0.25) is 0 Å². The summed E-state index contributed by atoms with van der Waals surface area (Å²) in [6.45, 7) is 4.57. The van der Waals surface area contributed by atoms with Crippen LogP contribution in [0.4, 0.5) is 0 Å². The minimum atomic E-state index is 0.342. The monoisotopic (exact) mass is 286 g/mol. The summed E-state index contributed by atoms with van der Waals surface area (Å²) in [5.74, 6) is 0.575. The van der Waals surface area contributed by atoms with Crippen LogP contribution in [0.15, 0.2) is 59.8 Å². The lowest BCUT2D eigenvalue weighted by Gasteiger charge is -2.30. The van der Waals surface area contributed by atoms with Gasteiger partial charge in [0.2, 0.25) is 0 Å². The maximum Gasteiger partial charge on any atom is 0.0444 e. The van der Waals surface area contributed by atoms with E-state index >= 15 is 0 Å². The number of hydrogen-bond acceptors (Lipinski definition) is 3. The number of hydrogen-bond donors (Lipinski definition) is 1. The molecule has 1 aromatic heterocycles. The number of nitrogens with zero attached hydrogens (tertiary/aromatic N) is 1. The fourth-order valence-electron chi connectivity index (χ4n) is 2.34. The normalized spacial score (nSPS) is 14.2. The fourth-order valence-corrected chi connectivity index (χ4v) is 3.64. The van der Waals surface area contributed by atoms with E-state index in [9.17, 15) is 0 Å². The highest BCUT2D eigenvalue weighted by Crippen LogP contribution is 2.36. The summed E-state index contributed by atoms with van der Waals surface area (Å²) < 4.78 is 0. The lowest BCUT2D eigenvalue weighted by atomic mass is 9.96. The van der Waals surface area contributed by atoms with Crippen molar-refractivity contribution in [2.24, 2.45) is 5.92 Å². The van der Waals surface area contributed by atoms with E-state index in [1.54, 1.807) is 0 Å². The molecule has 0 saturated heterocycles. The first-order valence-electron chi connectivity index (χ1n) is 7.01. The summed E-state index contributed by atoms with van der Waals surface area (Å²) >= 11 is 1.92. The van der Waals surface area contributed by atoms with Crippen molar-refractivity contribution in [3.63, 3.8) is 0 Å². The van der Waals surface area contributed by atoms with Crippen molar-refractivity contribution in [1.82, 2.24) is 10.3 Å². The first-order valence-corrected chi connectivity index (χ1v) is 7.89. The Hall–Kier alpha value is -1.32. The summed E-state index contributed by atoms with van der Waals surface area (Å²) in [6, 6.07) is 15.2. The summed E-state index contributed by atoms with van der Waals surface area (Å²) in [5, 5.41) is 3.96. The minimum Gasteiger partial charge on any atom is -0.312 e. The van der Waals surface area contributed by atoms with Crippen LogP contribution in [0.3, 0.4) is 0 Å². The molecule has 2 rings (SSSR count). The van der Waals surface area contributed by atoms with E-state index in [2.05, 4.69) is 66.6 Å². The first-order chi connectivity index (χ1) is 9.72. The van der Waals surface area contributed by atoms with Gasteiger partial charge in [0.25, 0.3) is 0 Å². The van der Waals surface area contributed by atoms with Crippen molar-refractivity contribution in [2.45, 2.75) is 30.0 Å². The maximum atomic E-state index is 4.09. The predicted octanol–water partition coefficient (Wildman–Crippen LogP) is 4.16. The Bertz CT molecular complexity index is 499. The molecule has 106 valence electrons. The standard InChI is InChI=1S/C17H22N2S/c1-13(2)17(20-15-9-11-19-12-10-15)16(18-3)14-7-5-4-6-8-14/h4-13,16-18H,1-3H3. The predicted molar refractivity (Wildman–Crippen MR) is 87.0 cm³/mol. The van der Waals surface area contributed by atoms with Crippen LogP contribution in [-0.4, -0.2) is 17.3 Å². The van der Waals surface area contributed by atoms with E-state index in [0.29, 0.717) is 17.2 Å². The van der Waals surface area contributed by atoms with Gasteiger partial charge in [0.1, 0.15) is 0 Å². The average Bonchev–Trinajstić information content (AvgIpc) is 2.49. The van der Waals surface area contributed by atoms with Crippen molar-refractivity contribution in [3.8, 4) is 0 Å². The van der Waals surface area contributed by atoms with E-state index < -0.39 is 0 Å². The molecule has 0 bridgehead atoms. The van der Waals surface area contributed by atoms with Gasteiger partial charge in [0.15, 0.2) is 0 Å². The van der Waals surface area contributed by atoms with E-state index in [0.717, 1.165) is 0 Å². The van der Waals surface area contributed by atoms with Crippen LogP contribution in [0, 0.1) is 5.92 Å². The SMILES string of the molecule is CNC(c1ccccc1)C(Sc1ccncc1)C(C)C. The second kappa shape index (κ2) is 7.46. The Morgan fingerprint density at radius 1 is 1.00 bits per heavy atom. The molecule has 2 unspecified atom stereocenters. The van der Waals surface area contributed by atoms with Crippen LogP contribution in [-0.2, 0) is 0 Å². The lowest BCUT2D eigenvalue weighted by molar-refractivity contribution is 0.472. The topological polar surface area (TPSA) is 24.9 Å². The van der Waals surface area contributed by atoms with E-state index in [1.807, 2.05) is 31.2 Å². The van der Waals surface area contributed by atoms with E-state index in [1.165, 1.54) is 10.5 Å². The zero-order valence-corrected chi connectivity index (χ0v) is 13.1. The van der Waals surface area contributed by atoms with Gasteiger partial charge < -0.3 is 5.32 Å². The van der Waals surface area contributed by atoms with Crippen molar-refractivity contribution >= 4 is 11.8 Å². The Morgan fingerprint density at radius 2 is 1.65 bits per heavy atom. The van der Waals surface area contributed by atoms with Crippen LogP contribution in [0.5, 0.6) is 0 Å². The Morgan fingerprint density at radius 3 is 2.20 bits per heavy atom. The third kappa shape index (κ3) is 3.84. The molecule has 0 radical (unpaired) electrons. The van der Waals surface area contributed by atoms with Gasteiger partial charge in [-0.1, -0.05) is 44.2 Å². The van der Waals surface area contributed by atoms with Crippen LogP contribution >= 0.6 is 11.8 Å². The highest BCUT2D eigenvalue weighted by Gasteiger charge is 2.25. The Kier molecular flexibility index (Phi) is 5.62. The first kappa shape index (κ1) is 15.1. The molecule has 0 saturated carbocycles. The molecule has 0 amide bonds. The van der Waals surface area contributed by atoms with Crippen molar-refractivity contribution in [2.75, 3.05) is 7.05 Å². The quantitative estimate of drug-likeness (QED) is 0.807. The van der Waals surface area contributed by atoms with Gasteiger partial charge >= 0.3 is 0 Å². The molecule has 1 aromatic carbocycles. The van der Waals surface area contributed by atoms with Gasteiger partial charge in [-0.2, -0.15) is 0 Å². The second-order valence-electron chi connectivity index (χ2n) is 5.19. The van der Waals surface area contributed by atoms with E-state index in [-0.39, 0.29) is 0 Å². The maximum absolute atomic E-state index is 4.09. The summed E-state index contributed by atoms with van der Waals surface area (Å²) in [6.07, 6.45) is 3.72. The minimum absolute atomic E-state index is 0.342. The Balaban J connectivity index is 2.22. The molecule has 0 spiro atoms. The lowest BCUT2D eigenvalue weighted by Crippen LogP contribution is -2.31. The van der Waals surface area contributed by atoms with Crippen molar-refractivity contribution in [1.29, 1.82) is 0 Å². The smallest absolute Gasteiger partial charge is 0.0444 e. The highest BCUT2D eigenvalue weighted by molar-refractivity contribution is 8.00. The number of rotatable bonds is 6. The summed E-state index contributed by atoms with van der Waals surface area (Å²) in [4.78, 5) is 5.36. The van der Waals surface area contributed by atoms with E-state index in [4.69, 9.17) is 0 Å². The van der Waals surface area contributed by atoms with Crippen molar-refractivity contribution < 1.29 is 0 Å². The molecule has 2 aromatic rings. The summed E-state index contributed by atoms with van der Waals surface area (Å²) in [7, 11) is 2.04. The van der Waals surface area contributed by atoms with Gasteiger partial charge in [0.05, 0.1) is 0 Å². The zero-order chi connectivity index (χ0) is 14.4. The third-order valence-electron chi connectivity index (χ3n) is 3.38. The van der Waals surface area contributed by atoms with Gasteiger partial charge in [0, 0.05) is 28.6 Å². The Labute approximate surface area is 126 Å². The molecule has 2 nitrogen and oxygen atoms in total. The molecular weight excluding hydrogens is 264 g/mol. The molecule has 20 heavy (non-hydrogen) atoms. The molecule has 0 fully saturated rings. The van der Waals surface area contributed by atoms with Crippen LogP contribution in [0.25, 0.3) is 0 Å². The number of thioether (sulfide) groups is 1. The van der Waals surface area contributed by atoms with Gasteiger partial charge in [-0.3, -0.25) is 4.98 Å². The fraction of sp³-hybridized carbons (Fsp3) is 0.353. The van der Waals surface area contributed by atoms with Gasteiger partial charge in [-0.05, 0) is 30.7 Å². The van der Waals surface area contributed by atoms with Gasteiger partial charge in [-0.25, -0.2) is 0 Å². The molecule has 1 heterocycles. The average molecular weight is 286 g/mol. The molecule has 0 aliphatic heterocycles. The number of nitrogens with one attached hydrogen (secondary N) is 1. The molecule has 1 N–H and O–H groups in total.